The highest BCUT2D eigenvalue weighted by Crippen LogP contribution is 2.20. The van der Waals surface area contributed by atoms with Gasteiger partial charge in [0, 0.05) is 11.6 Å². The molecule has 0 bridgehead atoms. The molecule has 160 valence electrons. The largest absolute Gasteiger partial charge is 0.494 e. The van der Waals surface area contributed by atoms with Gasteiger partial charge in [-0.25, -0.2) is 13.2 Å². The fourth-order valence-electron chi connectivity index (χ4n) is 3.52. The van der Waals surface area contributed by atoms with Crippen LogP contribution in [0.25, 0.3) is 10.8 Å². The molecular formula is C28H21F3O. The standard InChI is InChI=1S/C28H21F3O/c1-2-32-26-14-12-22(28(31)18-26)9-5-20-4-8-21(27(30)16-20)7-3-19-6-10-24-17-25(29)13-11-23(24)15-19/h4,6,8,10-18H,2,5,9H2,1H3. The molecule has 0 saturated heterocycles. The van der Waals surface area contributed by atoms with Crippen molar-refractivity contribution in [3.8, 4) is 17.6 Å². The first-order chi connectivity index (χ1) is 15.5. The molecule has 0 aliphatic heterocycles. The average molecular weight is 430 g/mol. The lowest BCUT2D eigenvalue weighted by Crippen LogP contribution is -1.98. The Labute approximate surface area is 185 Å². The SMILES string of the molecule is CCOc1ccc(CCc2ccc(C#Cc3ccc4cc(F)ccc4c3)c(F)c2)c(F)c1. The van der Waals surface area contributed by atoms with E-state index in [4.69, 9.17) is 4.74 Å². The van der Waals surface area contributed by atoms with E-state index in [9.17, 15) is 13.2 Å². The van der Waals surface area contributed by atoms with Crippen molar-refractivity contribution < 1.29 is 17.9 Å². The molecule has 0 aliphatic rings. The van der Waals surface area contributed by atoms with E-state index in [0.29, 0.717) is 36.3 Å². The minimum absolute atomic E-state index is 0.288. The van der Waals surface area contributed by atoms with Crippen LogP contribution in [0.2, 0.25) is 0 Å². The van der Waals surface area contributed by atoms with Crippen molar-refractivity contribution >= 4 is 10.8 Å². The first kappa shape index (κ1) is 21.5. The van der Waals surface area contributed by atoms with E-state index in [1.165, 1.54) is 24.3 Å². The van der Waals surface area contributed by atoms with Gasteiger partial charge in [0.05, 0.1) is 12.2 Å². The highest BCUT2D eigenvalue weighted by atomic mass is 19.1. The highest BCUT2D eigenvalue weighted by Gasteiger charge is 2.07. The van der Waals surface area contributed by atoms with E-state index < -0.39 is 5.82 Å². The van der Waals surface area contributed by atoms with Crippen LogP contribution < -0.4 is 4.74 Å². The molecule has 0 amide bonds. The Kier molecular flexibility index (Phi) is 6.47. The Morgan fingerprint density at radius 3 is 2.31 bits per heavy atom. The van der Waals surface area contributed by atoms with E-state index in [1.807, 2.05) is 19.1 Å². The van der Waals surface area contributed by atoms with Gasteiger partial charge in [-0.3, -0.25) is 0 Å². The van der Waals surface area contributed by atoms with Gasteiger partial charge in [-0.15, -0.1) is 0 Å². The molecule has 0 N–H and O–H groups in total. The Bertz CT molecular complexity index is 1330. The molecule has 0 spiro atoms. The topological polar surface area (TPSA) is 9.23 Å². The maximum Gasteiger partial charge on any atom is 0.139 e. The zero-order chi connectivity index (χ0) is 22.5. The van der Waals surface area contributed by atoms with Gasteiger partial charge in [-0.2, -0.15) is 0 Å². The van der Waals surface area contributed by atoms with Crippen LogP contribution in [0.4, 0.5) is 13.2 Å². The van der Waals surface area contributed by atoms with Crippen LogP contribution in [0.1, 0.15) is 29.2 Å². The van der Waals surface area contributed by atoms with Crippen molar-refractivity contribution in [2.75, 3.05) is 6.61 Å². The van der Waals surface area contributed by atoms with Crippen molar-refractivity contribution in [1.29, 1.82) is 0 Å². The van der Waals surface area contributed by atoms with Gasteiger partial charge in [0.25, 0.3) is 0 Å². The summed E-state index contributed by atoms with van der Waals surface area (Å²) in [7, 11) is 0. The number of benzene rings is 4. The number of fused-ring (bicyclic) bond motifs is 1. The maximum atomic E-state index is 14.6. The van der Waals surface area contributed by atoms with E-state index in [2.05, 4.69) is 11.8 Å². The second kappa shape index (κ2) is 9.62. The summed E-state index contributed by atoms with van der Waals surface area (Å²) in [5, 5.41) is 1.66. The van der Waals surface area contributed by atoms with Crippen LogP contribution in [0.15, 0.2) is 72.8 Å². The second-order valence-electron chi connectivity index (χ2n) is 7.46. The fourth-order valence-corrected chi connectivity index (χ4v) is 3.52. The minimum atomic E-state index is -0.412. The molecule has 0 radical (unpaired) electrons. The zero-order valence-electron chi connectivity index (χ0n) is 17.6. The first-order valence-electron chi connectivity index (χ1n) is 10.4. The van der Waals surface area contributed by atoms with Gasteiger partial charge >= 0.3 is 0 Å². The normalized spacial score (nSPS) is 10.6. The summed E-state index contributed by atoms with van der Waals surface area (Å²) in [5.74, 6) is 5.30. The summed E-state index contributed by atoms with van der Waals surface area (Å²) < 4.78 is 47.4. The molecule has 0 heterocycles. The third kappa shape index (κ3) is 5.12. The zero-order valence-corrected chi connectivity index (χ0v) is 17.6. The molecule has 0 atom stereocenters. The monoisotopic (exact) mass is 430 g/mol. The summed E-state index contributed by atoms with van der Waals surface area (Å²) in [6.07, 6.45) is 0.969. The Hall–Kier alpha value is -3.71. The summed E-state index contributed by atoms with van der Waals surface area (Å²) in [5.41, 5.74) is 2.35. The smallest absolute Gasteiger partial charge is 0.139 e. The van der Waals surface area contributed by atoms with Crippen molar-refractivity contribution in [2.24, 2.45) is 0 Å². The number of hydrogen-bond donors (Lipinski definition) is 0. The van der Waals surface area contributed by atoms with Gasteiger partial charge < -0.3 is 4.74 Å². The molecule has 4 aromatic rings. The van der Waals surface area contributed by atoms with Gasteiger partial charge in [-0.1, -0.05) is 36.1 Å². The molecule has 0 aliphatic carbocycles. The van der Waals surface area contributed by atoms with Crippen molar-refractivity contribution in [3.05, 3.63) is 113 Å². The molecule has 4 heteroatoms. The number of halogens is 3. The molecule has 0 saturated carbocycles. The summed E-state index contributed by atoms with van der Waals surface area (Å²) in [6, 6.07) is 19.7. The molecule has 32 heavy (non-hydrogen) atoms. The van der Waals surface area contributed by atoms with E-state index in [-0.39, 0.29) is 11.6 Å². The Morgan fingerprint density at radius 1 is 0.719 bits per heavy atom. The predicted molar refractivity (Wildman–Crippen MR) is 121 cm³/mol. The number of ether oxygens (including phenoxy) is 1. The molecule has 1 nitrogen and oxygen atoms in total. The summed E-state index contributed by atoms with van der Waals surface area (Å²) >= 11 is 0. The lowest BCUT2D eigenvalue weighted by molar-refractivity contribution is 0.338. The molecule has 0 unspecified atom stereocenters. The van der Waals surface area contributed by atoms with Crippen LogP contribution in [0.5, 0.6) is 5.75 Å². The van der Waals surface area contributed by atoms with Gasteiger partial charge in [0.1, 0.15) is 23.2 Å². The lowest BCUT2D eigenvalue weighted by atomic mass is 10.0. The van der Waals surface area contributed by atoms with Crippen molar-refractivity contribution in [3.63, 3.8) is 0 Å². The molecule has 4 aromatic carbocycles. The highest BCUT2D eigenvalue weighted by molar-refractivity contribution is 5.84. The summed E-state index contributed by atoms with van der Waals surface area (Å²) in [4.78, 5) is 0. The number of rotatable bonds is 5. The molecule has 4 rings (SSSR count). The van der Waals surface area contributed by atoms with Crippen LogP contribution >= 0.6 is 0 Å². The number of aryl methyl sites for hydroxylation is 2. The van der Waals surface area contributed by atoms with Gasteiger partial charge in [0.2, 0.25) is 0 Å². The first-order valence-corrected chi connectivity index (χ1v) is 10.4. The van der Waals surface area contributed by atoms with Crippen molar-refractivity contribution in [1.82, 2.24) is 0 Å². The summed E-state index contributed by atoms with van der Waals surface area (Å²) in [6.45, 7) is 2.33. The quantitative estimate of drug-likeness (QED) is 0.315. The van der Waals surface area contributed by atoms with Crippen LogP contribution in [0.3, 0.4) is 0 Å². The lowest BCUT2D eigenvalue weighted by Gasteiger charge is -2.07. The second-order valence-corrected chi connectivity index (χ2v) is 7.46. The molecule has 0 fully saturated rings. The molecule has 0 aromatic heterocycles. The average Bonchev–Trinajstić information content (AvgIpc) is 2.78. The van der Waals surface area contributed by atoms with Crippen molar-refractivity contribution in [2.45, 2.75) is 19.8 Å². The van der Waals surface area contributed by atoms with E-state index in [1.54, 1.807) is 36.4 Å². The number of hydrogen-bond acceptors (Lipinski definition) is 1. The van der Waals surface area contributed by atoms with E-state index in [0.717, 1.165) is 21.9 Å². The van der Waals surface area contributed by atoms with Gasteiger partial charge in [-0.05, 0) is 84.1 Å². The maximum absolute atomic E-state index is 14.6. The van der Waals surface area contributed by atoms with Gasteiger partial charge in [0.15, 0.2) is 0 Å². The van der Waals surface area contributed by atoms with Crippen LogP contribution in [-0.2, 0) is 12.8 Å². The van der Waals surface area contributed by atoms with E-state index >= 15 is 0 Å². The third-order valence-electron chi connectivity index (χ3n) is 5.20. The third-order valence-corrected chi connectivity index (χ3v) is 5.20. The minimum Gasteiger partial charge on any atom is -0.494 e. The predicted octanol–water partition coefficient (Wildman–Crippen LogP) is 6.84. The molecular weight excluding hydrogens is 409 g/mol. The Balaban J connectivity index is 1.45. The van der Waals surface area contributed by atoms with Crippen LogP contribution in [0, 0.1) is 29.3 Å². The fraction of sp³-hybridized carbons (Fsp3) is 0.143. The Morgan fingerprint density at radius 2 is 1.53 bits per heavy atom. The van der Waals surface area contributed by atoms with Crippen LogP contribution in [-0.4, -0.2) is 6.61 Å².